The van der Waals surface area contributed by atoms with Gasteiger partial charge in [-0.1, -0.05) is 0 Å². The number of carbonyl (C=O) groups is 2. The van der Waals surface area contributed by atoms with Crippen molar-refractivity contribution in [2.75, 3.05) is 0 Å². The predicted octanol–water partition coefficient (Wildman–Crippen LogP) is 1.60. The van der Waals surface area contributed by atoms with Crippen LogP contribution in [0.25, 0.3) is 0 Å². The molecular weight excluding hydrogens is 324 g/mol. The summed E-state index contributed by atoms with van der Waals surface area (Å²) in [6, 6.07) is 0. The topological polar surface area (TPSA) is 34.1 Å². The quantitative estimate of drug-likeness (QED) is 0.500. The molecule has 0 unspecified atom stereocenters. The predicted molar refractivity (Wildman–Crippen MR) is 31.4 cm³/mol. The van der Waals surface area contributed by atoms with Crippen molar-refractivity contribution in [1.82, 2.24) is 0 Å². The molecule has 0 aliphatic carbocycles. The number of hydrogen-bond donors (Lipinski definition) is 0. The first-order chi connectivity index (χ1) is 4.15. The normalized spacial score (nSPS) is 7.00. The van der Waals surface area contributed by atoms with E-state index in [1.807, 2.05) is 6.79 Å². The molecule has 0 aromatic carbocycles. The van der Waals surface area contributed by atoms with Gasteiger partial charge in [-0.15, -0.1) is 0 Å². The van der Waals surface area contributed by atoms with Crippen molar-refractivity contribution in [2.24, 2.45) is 0 Å². The van der Waals surface area contributed by atoms with Crippen molar-refractivity contribution in [3.05, 3.63) is 0 Å². The fourth-order valence-corrected chi connectivity index (χ4v) is 0. The van der Waals surface area contributed by atoms with Crippen LogP contribution < -0.4 is 0 Å². The van der Waals surface area contributed by atoms with Gasteiger partial charge in [0.1, 0.15) is 6.79 Å². The second kappa shape index (κ2) is 22.8. The zero-order valence-electron chi connectivity index (χ0n) is 3.90. The standard InChI is InChI=1S/CH2O.CHO.3ClH.Co.Rh/c2*1-2;;;;;/h1H2;1H;3*1H;;/q;;;;;;+3/p-3. The Morgan fingerprint density at radius 3 is 1.33 bits per heavy atom. The molecule has 0 amide bonds. The van der Waals surface area contributed by atoms with Crippen LogP contribution in [0.2, 0.25) is 0 Å². The summed E-state index contributed by atoms with van der Waals surface area (Å²) in [4.78, 5) is 16.7. The van der Waals surface area contributed by atoms with Crippen molar-refractivity contribution >= 4 is 41.1 Å². The van der Waals surface area contributed by atoms with Crippen LogP contribution in [0.5, 0.6) is 0 Å². The molecule has 0 bridgehead atoms. The van der Waals surface area contributed by atoms with Gasteiger partial charge in [-0.3, -0.25) is 0 Å². The van der Waals surface area contributed by atoms with E-state index < -0.39 is 13.0 Å². The average Bonchev–Trinajstić information content (AvgIpc) is 1.71. The maximum atomic E-state index is 8.67. The van der Waals surface area contributed by atoms with Gasteiger partial charge in [0, 0.05) is 0 Å². The zero-order chi connectivity index (χ0) is 8.28. The third kappa shape index (κ3) is 280. The second-order valence-corrected chi connectivity index (χ2v) is 7.93. The molecule has 0 fully saturated rings. The molecule has 0 atom stereocenters. The Bertz CT molecular complexity index is 52.3. The summed E-state index contributed by atoms with van der Waals surface area (Å²) in [5, 5.41) is 0.438. The van der Waals surface area contributed by atoms with Crippen LogP contribution in [0.1, 0.15) is 0 Å². The van der Waals surface area contributed by atoms with Gasteiger partial charge in [0.15, 0.2) is 0 Å². The molecule has 0 aromatic rings. The summed E-state index contributed by atoms with van der Waals surface area (Å²) in [7, 11) is 14.8. The third-order valence-corrected chi connectivity index (χ3v) is 0. The van der Waals surface area contributed by atoms with Gasteiger partial charge in [-0.25, -0.2) is 0 Å². The van der Waals surface area contributed by atoms with Crippen LogP contribution in [0.15, 0.2) is 0 Å². The summed E-state index contributed by atoms with van der Waals surface area (Å²) < 4.78 is 0. The molecule has 7 heteroatoms. The van der Waals surface area contributed by atoms with Crippen molar-refractivity contribution in [3.63, 3.8) is 0 Å². The van der Waals surface area contributed by atoms with Crippen LogP contribution in [0.3, 0.4) is 0 Å². The Morgan fingerprint density at radius 1 is 1.33 bits per heavy atom. The van der Waals surface area contributed by atoms with Crippen LogP contribution in [0, 0.1) is 0 Å². The minimum atomic E-state index is -1.66. The molecule has 9 heavy (non-hydrogen) atoms. The Kier molecular flexibility index (Phi) is 42.4. The van der Waals surface area contributed by atoms with Gasteiger partial charge in [-0.2, -0.15) is 0 Å². The van der Waals surface area contributed by atoms with Crippen LogP contribution in [0.4, 0.5) is 0 Å². The molecule has 0 aliphatic rings. The van der Waals surface area contributed by atoms with Crippen molar-refractivity contribution < 1.29 is 38.3 Å². The Balaban J connectivity index is -0.0000000646. The maximum absolute atomic E-state index is 8.67. The fraction of sp³-hybridized carbons (Fsp3) is 0. The van der Waals surface area contributed by atoms with Gasteiger partial charge < -0.3 is 4.79 Å². The van der Waals surface area contributed by atoms with Crippen molar-refractivity contribution in [2.45, 2.75) is 0 Å². The molecule has 2 nitrogen and oxygen atoms in total. The van der Waals surface area contributed by atoms with E-state index in [9.17, 15) is 0 Å². The molecule has 0 spiro atoms. The van der Waals surface area contributed by atoms with Crippen LogP contribution in [-0.4, -0.2) is 12.0 Å². The molecule has 0 saturated heterocycles. The Morgan fingerprint density at radius 2 is 1.33 bits per heavy atom. The second-order valence-electron chi connectivity index (χ2n) is 0.221. The van der Waals surface area contributed by atoms with Crippen molar-refractivity contribution in [1.29, 1.82) is 0 Å². The monoisotopic (exact) mass is 326 g/mol. The first-order valence-corrected chi connectivity index (χ1v) is 8.03. The molecule has 0 aliphatic heterocycles. The average molecular weight is 327 g/mol. The third-order valence-electron chi connectivity index (χ3n) is 0. The first-order valence-electron chi connectivity index (χ1n) is 1.09. The Labute approximate surface area is 78.8 Å². The fourth-order valence-electron chi connectivity index (χ4n) is 0. The molecule has 0 heterocycles. The summed E-state index contributed by atoms with van der Waals surface area (Å²) in [6.07, 6.45) is 0. The van der Waals surface area contributed by atoms with E-state index in [1.54, 1.807) is 0 Å². The molecule has 0 N–H and O–H groups in total. The molecule has 0 aromatic heterocycles. The number of carbonyl (C=O) groups excluding carboxylic acids is 2. The van der Waals surface area contributed by atoms with Gasteiger partial charge in [0.2, 0.25) is 0 Å². The van der Waals surface area contributed by atoms with Crippen LogP contribution >= 0.6 is 29.1 Å². The van der Waals surface area contributed by atoms with Gasteiger partial charge >= 0.3 is 67.8 Å². The summed E-state index contributed by atoms with van der Waals surface area (Å²) in [5.74, 6) is 0. The van der Waals surface area contributed by atoms with E-state index >= 15 is 0 Å². The van der Waals surface area contributed by atoms with Gasteiger partial charge in [0.05, 0.1) is 0 Å². The zero-order valence-corrected chi connectivity index (χ0v) is 8.85. The van der Waals surface area contributed by atoms with E-state index in [4.69, 9.17) is 38.7 Å². The van der Waals surface area contributed by atoms with Gasteiger partial charge in [0.25, 0.3) is 0 Å². The van der Waals surface area contributed by atoms with E-state index in [1.165, 1.54) is 0 Å². The Hall–Kier alpha value is 1.34. The summed E-state index contributed by atoms with van der Waals surface area (Å²) in [6.45, 7) is 2.00. The van der Waals surface area contributed by atoms with E-state index in [0.717, 1.165) is 0 Å². The van der Waals surface area contributed by atoms with E-state index in [0.29, 0.717) is 5.22 Å². The van der Waals surface area contributed by atoms with Crippen LogP contribution in [-0.2, 0) is 38.3 Å². The molecule has 0 radical (unpaired) electrons. The molecule has 62 valence electrons. The van der Waals surface area contributed by atoms with E-state index in [2.05, 4.69) is 15.7 Å². The number of rotatable bonds is 0. The van der Waals surface area contributed by atoms with Crippen molar-refractivity contribution in [3.8, 4) is 0 Å². The molecular formula is C2H3Cl3CoO2Rh. The molecule has 0 rings (SSSR count). The van der Waals surface area contributed by atoms with E-state index in [-0.39, 0.29) is 0 Å². The minimum absolute atomic E-state index is 0.438. The summed E-state index contributed by atoms with van der Waals surface area (Å²) in [5.41, 5.74) is 0. The number of halogens is 3. The SMILES string of the molecule is C=O.O=[CH][Co].[Cl][Rh]([Cl])[Cl]. The number of hydrogen-bond acceptors (Lipinski definition) is 2. The first kappa shape index (κ1) is 16.7. The van der Waals surface area contributed by atoms with Gasteiger partial charge in [-0.05, 0) is 0 Å². The molecule has 0 saturated carbocycles. The summed E-state index contributed by atoms with van der Waals surface area (Å²) >= 11 is 1.49.